The van der Waals surface area contributed by atoms with E-state index < -0.39 is 17.7 Å². The van der Waals surface area contributed by atoms with Crippen LogP contribution in [-0.2, 0) is 11.2 Å². The van der Waals surface area contributed by atoms with Crippen LogP contribution in [0.2, 0.25) is 5.02 Å². The van der Waals surface area contributed by atoms with Gasteiger partial charge in [-0.2, -0.15) is 0 Å². The Kier molecular flexibility index (Phi) is 8.89. The average Bonchev–Trinajstić information content (AvgIpc) is 2.79. The Morgan fingerprint density at radius 3 is 2.24 bits per heavy atom. The lowest BCUT2D eigenvalue weighted by Gasteiger charge is -2.35. The van der Waals surface area contributed by atoms with E-state index in [0.29, 0.717) is 23.6 Å². The van der Waals surface area contributed by atoms with Gasteiger partial charge in [0.05, 0.1) is 0 Å². The van der Waals surface area contributed by atoms with Gasteiger partial charge in [0.1, 0.15) is 18.5 Å². The highest BCUT2D eigenvalue weighted by Crippen LogP contribution is 2.29. The summed E-state index contributed by atoms with van der Waals surface area (Å²) in [6.07, 6.45) is -0.732. The summed E-state index contributed by atoms with van der Waals surface area (Å²) >= 11 is 7.60. The number of carbonyl (C=O) groups excluding carboxylic acids is 1. The van der Waals surface area contributed by atoms with Gasteiger partial charge in [-0.3, -0.25) is 0 Å². The standard InChI is InChI=1S/C27H30ClNO4S/c1-27(2,3)29(26(32)33-18-25(31)20-5-4-6-21(28)17-20)16-15-19-7-11-23(12-8-19)34-24-13-9-22(30)10-14-24/h4-14,17,25,30-31H,15-16,18H2,1-3H3/t25-/m0/s1. The second kappa shape index (κ2) is 11.6. The molecule has 0 unspecified atom stereocenters. The van der Waals surface area contributed by atoms with Gasteiger partial charge in [-0.1, -0.05) is 47.6 Å². The van der Waals surface area contributed by atoms with Gasteiger partial charge < -0.3 is 19.8 Å². The lowest BCUT2D eigenvalue weighted by Crippen LogP contribution is -2.47. The number of aliphatic hydroxyl groups excluding tert-OH is 1. The minimum absolute atomic E-state index is 0.144. The number of aromatic hydroxyl groups is 1. The zero-order valence-corrected chi connectivity index (χ0v) is 21.1. The van der Waals surface area contributed by atoms with Crippen molar-refractivity contribution in [2.24, 2.45) is 0 Å². The van der Waals surface area contributed by atoms with Crippen LogP contribution in [0.25, 0.3) is 0 Å². The van der Waals surface area contributed by atoms with Gasteiger partial charge in [0.25, 0.3) is 0 Å². The average molecular weight is 500 g/mol. The van der Waals surface area contributed by atoms with Crippen molar-refractivity contribution in [3.8, 4) is 5.75 Å². The maximum Gasteiger partial charge on any atom is 0.410 e. The van der Waals surface area contributed by atoms with Gasteiger partial charge in [-0.05, 0) is 86.8 Å². The van der Waals surface area contributed by atoms with Crippen molar-refractivity contribution in [2.75, 3.05) is 13.2 Å². The van der Waals surface area contributed by atoms with Gasteiger partial charge in [-0.15, -0.1) is 0 Å². The topological polar surface area (TPSA) is 70.0 Å². The predicted octanol–water partition coefficient (Wildman–Crippen LogP) is 6.71. The molecule has 0 aromatic heterocycles. The van der Waals surface area contributed by atoms with Crippen molar-refractivity contribution in [2.45, 2.75) is 48.6 Å². The number of rotatable bonds is 8. The minimum atomic E-state index is -0.942. The van der Waals surface area contributed by atoms with Gasteiger partial charge in [0.15, 0.2) is 0 Å². The summed E-state index contributed by atoms with van der Waals surface area (Å²) in [5, 5.41) is 20.3. The Bertz CT molecular complexity index is 1080. The molecular formula is C27H30ClNO4S. The summed E-state index contributed by atoms with van der Waals surface area (Å²) in [4.78, 5) is 16.7. The molecule has 0 saturated heterocycles. The van der Waals surface area contributed by atoms with Gasteiger partial charge in [0.2, 0.25) is 0 Å². The van der Waals surface area contributed by atoms with E-state index in [9.17, 15) is 15.0 Å². The van der Waals surface area contributed by atoms with Crippen molar-refractivity contribution in [1.29, 1.82) is 0 Å². The number of benzene rings is 3. The maximum absolute atomic E-state index is 12.8. The lowest BCUT2D eigenvalue weighted by atomic mass is 10.1. The zero-order valence-electron chi connectivity index (χ0n) is 19.6. The molecule has 1 amide bonds. The fourth-order valence-corrected chi connectivity index (χ4v) is 4.37. The third kappa shape index (κ3) is 7.69. The molecule has 0 bridgehead atoms. The molecule has 0 radical (unpaired) electrons. The number of ether oxygens (including phenoxy) is 1. The number of amides is 1. The van der Waals surface area contributed by atoms with Crippen LogP contribution in [0, 0.1) is 0 Å². The van der Waals surface area contributed by atoms with E-state index in [1.807, 2.05) is 45.0 Å². The second-order valence-electron chi connectivity index (χ2n) is 8.96. The van der Waals surface area contributed by atoms with Crippen molar-refractivity contribution < 1.29 is 19.7 Å². The molecule has 180 valence electrons. The SMILES string of the molecule is CC(C)(C)N(CCc1ccc(Sc2ccc(O)cc2)cc1)C(=O)OC[C@H](O)c1cccc(Cl)c1. The van der Waals surface area contributed by atoms with E-state index in [1.54, 1.807) is 53.1 Å². The highest BCUT2D eigenvalue weighted by atomic mass is 35.5. The molecule has 0 fully saturated rings. The molecule has 0 aliphatic heterocycles. The fourth-order valence-electron chi connectivity index (χ4n) is 3.35. The summed E-state index contributed by atoms with van der Waals surface area (Å²) in [6.45, 7) is 6.21. The quantitative estimate of drug-likeness (QED) is 0.360. The molecule has 3 aromatic rings. The highest BCUT2D eigenvalue weighted by Gasteiger charge is 2.28. The first-order valence-electron chi connectivity index (χ1n) is 11.1. The molecule has 1 atom stereocenters. The van der Waals surface area contributed by atoms with Crippen LogP contribution in [0.4, 0.5) is 4.79 Å². The van der Waals surface area contributed by atoms with E-state index in [2.05, 4.69) is 12.1 Å². The molecule has 0 saturated carbocycles. The number of phenolic OH excluding ortho intramolecular Hbond substituents is 1. The van der Waals surface area contributed by atoms with Crippen LogP contribution >= 0.6 is 23.4 Å². The molecular weight excluding hydrogens is 470 g/mol. The number of carbonyl (C=O) groups is 1. The molecule has 0 heterocycles. The summed E-state index contributed by atoms with van der Waals surface area (Å²) in [6, 6.07) is 22.2. The summed E-state index contributed by atoms with van der Waals surface area (Å²) < 4.78 is 5.44. The molecule has 7 heteroatoms. The Balaban J connectivity index is 1.56. The second-order valence-corrected chi connectivity index (χ2v) is 10.5. The first-order valence-corrected chi connectivity index (χ1v) is 12.2. The Morgan fingerprint density at radius 2 is 1.65 bits per heavy atom. The minimum Gasteiger partial charge on any atom is -0.508 e. The molecule has 3 rings (SSSR count). The van der Waals surface area contributed by atoms with E-state index >= 15 is 0 Å². The summed E-state index contributed by atoms with van der Waals surface area (Å²) in [5.74, 6) is 0.251. The third-order valence-electron chi connectivity index (χ3n) is 5.25. The first kappa shape index (κ1) is 25.9. The highest BCUT2D eigenvalue weighted by molar-refractivity contribution is 7.99. The summed E-state index contributed by atoms with van der Waals surface area (Å²) in [7, 11) is 0. The number of nitrogens with zero attached hydrogens (tertiary/aromatic N) is 1. The fraction of sp³-hybridized carbons (Fsp3) is 0.296. The number of hydrogen-bond donors (Lipinski definition) is 2. The van der Waals surface area contributed by atoms with E-state index in [0.717, 1.165) is 15.4 Å². The number of phenols is 1. The van der Waals surface area contributed by atoms with Crippen LogP contribution in [0.1, 0.15) is 38.0 Å². The van der Waals surface area contributed by atoms with Crippen LogP contribution in [0.15, 0.2) is 82.6 Å². The maximum atomic E-state index is 12.8. The molecule has 0 aliphatic rings. The van der Waals surface area contributed by atoms with Crippen LogP contribution in [0.5, 0.6) is 5.75 Å². The van der Waals surface area contributed by atoms with E-state index in [4.69, 9.17) is 16.3 Å². The predicted molar refractivity (Wildman–Crippen MR) is 137 cm³/mol. The zero-order chi connectivity index (χ0) is 24.7. The van der Waals surface area contributed by atoms with Crippen molar-refractivity contribution in [3.63, 3.8) is 0 Å². The van der Waals surface area contributed by atoms with Crippen LogP contribution in [0.3, 0.4) is 0 Å². The van der Waals surface area contributed by atoms with Crippen LogP contribution < -0.4 is 0 Å². The Hall–Kier alpha value is -2.67. The van der Waals surface area contributed by atoms with Gasteiger partial charge >= 0.3 is 6.09 Å². The molecule has 0 spiro atoms. The Morgan fingerprint density at radius 1 is 1.03 bits per heavy atom. The monoisotopic (exact) mass is 499 g/mol. The molecule has 5 nitrogen and oxygen atoms in total. The first-order chi connectivity index (χ1) is 16.1. The lowest BCUT2D eigenvalue weighted by molar-refractivity contribution is 0.0298. The molecule has 3 aromatic carbocycles. The molecule has 0 aliphatic carbocycles. The van der Waals surface area contributed by atoms with Gasteiger partial charge in [0, 0.05) is 26.9 Å². The van der Waals surface area contributed by atoms with Crippen molar-refractivity contribution >= 4 is 29.5 Å². The normalized spacial score (nSPS) is 12.3. The van der Waals surface area contributed by atoms with Crippen molar-refractivity contribution in [1.82, 2.24) is 4.90 Å². The smallest absolute Gasteiger partial charge is 0.410 e. The van der Waals surface area contributed by atoms with Crippen LogP contribution in [-0.4, -0.2) is 39.9 Å². The number of halogens is 1. The van der Waals surface area contributed by atoms with E-state index in [-0.39, 0.29) is 12.4 Å². The van der Waals surface area contributed by atoms with Crippen molar-refractivity contribution in [3.05, 3.63) is 88.9 Å². The van der Waals surface area contributed by atoms with Gasteiger partial charge in [-0.25, -0.2) is 4.79 Å². The largest absolute Gasteiger partial charge is 0.508 e. The third-order valence-corrected chi connectivity index (χ3v) is 6.50. The molecule has 2 N–H and O–H groups in total. The number of hydrogen-bond acceptors (Lipinski definition) is 5. The summed E-state index contributed by atoms with van der Waals surface area (Å²) in [5.41, 5.74) is 1.27. The molecule has 34 heavy (non-hydrogen) atoms. The van der Waals surface area contributed by atoms with E-state index in [1.165, 1.54) is 0 Å². The number of aliphatic hydroxyl groups is 1. The Labute approximate surface area is 210 Å².